The third-order valence-corrected chi connectivity index (χ3v) is 4.50. The molecule has 2 N–H and O–H groups in total. The molecule has 3 heterocycles. The molecule has 0 aliphatic carbocycles. The third-order valence-electron chi connectivity index (χ3n) is 4.50. The van der Waals surface area contributed by atoms with Crippen LogP contribution in [0.4, 0.5) is 5.82 Å². The topological polar surface area (TPSA) is 71.3 Å². The summed E-state index contributed by atoms with van der Waals surface area (Å²) in [7, 11) is 0. The van der Waals surface area contributed by atoms with E-state index in [0.717, 1.165) is 40.4 Å². The summed E-state index contributed by atoms with van der Waals surface area (Å²) in [5.41, 5.74) is 4.71. The van der Waals surface area contributed by atoms with E-state index >= 15 is 0 Å². The summed E-state index contributed by atoms with van der Waals surface area (Å²) in [6.45, 7) is 4.69. The van der Waals surface area contributed by atoms with Crippen molar-refractivity contribution in [3.05, 3.63) is 47.7 Å². The second kappa shape index (κ2) is 5.63. The van der Waals surface area contributed by atoms with E-state index in [1.54, 1.807) is 4.52 Å². The predicted molar refractivity (Wildman–Crippen MR) is 92.9 cm³/mol. The first-order valence-electron chi connectivity index (χ1n) is 8.10. The van der Waals surface area contributed by atoms with Gasteiger partial charge in [-0.3, -0.25) is 4.79 Å². The van der Waals surface area contributed by atoms with Crippen molar-refractivity contribution >= 4 is 17.4 Å². The standard InChI is InChI=1S/C18H19N5O/c1-11-12(2)22-23-16(20-14-8-9-19-18(14)24)10-15(21-17(11)23)13-6-4-3-5-7-13/h3-7,10,14,20H,8-9H2,1-2H3,(H,19,24)/t14-/m0/s1. The van der Waals surface area contributed by atoms with Crippen LogP contribution < -0.4 is 10.6 Å². The van der Waals surface area contributed by atoms with Gasteiger partial charge in [-0.1, -0.05) is 30.3 Å². The van der Waals surface area contributed by atoms with Crippen molar-refractivity contribution in [2.75, 3.05) is 11.9 Å². The zero-order valence-electron chi connectivity index (χ0n) is 13.7. The Labute approximate surface area is 139 Å². The monoisotopic (exact) mass is 321 g/mol. The van der Waals surface area contributed by atoms with Crippen LogP contribution in [0.1, 0.15) is 17.7 Å². The van der Waals surface area contributed by atoms with Gasteiger partial charge in [0.2, 0.25) is 5.91 Å². The first-order chi connectivity index (χ1) is 11.6. The molecule has 122 valence electrons. The van der Waals surface area contributed by atoms with Crippen molar-refractivity contribution in [3.63, 3.8) is 0 Å². The van der Waals surface area contributed by atoms with Gasteiger partial charge in [0.1, 0.15) is 11.9 Å². The molecule has 1 aliphatic rings. The number of carbonyl (C=O) groups excluding carboxylic acids is 1. The molecule has 0 bridgehead atoms. The number of aromatic nitrogens is 3. The van der Waals surface area contributed by atoms with Gasteiger partial charge in [-0.25, -0.2) is 4.98 Å². The van der Waals surface area contributed by atoms with Crippen LogP contribution in [-0.4, -0.2) is 33.1 Å². The first-order valence-corrected chi connectivity index (χ1v) is 8.10. The van der Waals surface area contributed by atoms with Gasteiger partial charge in [0.05, 0.1) is 11.4 Å². The fourth-order valence-electron chi connectivity index (χ4n) is 3.00. The number of rotatable bonds is 3. The van der Waals surface area contributed by atoms with Crippen LogP contribution in [-0.2, 0) is 4.79 Å². The van der Waals surface area contributed by atoms with Crippen LogP contribution in [0.25, 0.3) is 16.9 Å². The molecule has 1 aromatic carbocycles. The molecule has 1 amide bonds. The van der Waals surface area contributed by atoms with Gasteiger partial charge in [-0.2, -0.15) is 9.61 Å². The average molecular weight is 321 g/mol. The van der Waals surface area contributed by atoms with Crippen molar-refractivity contribution in [1.29, 1.82) is 0 Å². The fraction of sp³-hybridized carbons (Fsp3) is 0.278. The molecule has 4 rings (SSSR count). The normalized spacial score (nSPS) is 17.2. The SMILES string of the molecule is Cc1nn2c(N[C@H]3CCNC3=O)cc(-c3ccccc3)nc2c1C. The molecule has 2 aromatic heterocycles. The molecule has 1 aliphatic heterocycles. The van der Waals surface area contributed by atoms with Gasteiger partial charge in [0, 0.05) is 23.7 Å². The second-order valence-corrected chi connectivity index (χ2v) is 6.12. The predicted octanol–water partition coefficient (Wildman–Crippen LogP) is 2.31. The maximum absolute atomic E-state index is 11.9. The molecule has 0 unspecified atom stereocenters. The van der Waals surface area contributed by atoms with Gasteiger partial charge in [0.25, 0.3) is 0 Å². The van der Waals surface area contributed by atoms with E-state index in [1.807, 2.05) is 50.2 Å². The maximum atomic E-state index is 11.9. The number of amides is 1. The molecule has 1 atom stereocenters. The van der Waals surface area contributed by atoms with E-state index in [-0.39, 0.29) is 11.9 Å². The van der Waals surface area contributed by atoms with E-state index in [1.165, 1.54) is 0 Å². The number of nitrogens with one attached hydrogen (secondary N) is 2. The Hall–Kier alpha value is -2.89. The summed E-state index contributed by atoms with van der Waals surface area (Å²) in [5.74, 6) is 0.818. The minimum absolute atomic E-state index is 0.0295. The summed E-state index contributed by atoms with van der Waals surface area (Å²) in [6, 6.07) is 11.8. The highest BCUT2D eigenvalue weighted by Gasteiger charge is 2.25. The highest BCUT2D eigenvalue weighted by atomic mass is 16.2. The van der Waals surface area contributed by atoms with Crippen LogP contribution in [0.3, 0.4) is 0 Å². The molecule has 3 aromatic rings. The molecule has 6 nitrogen and oxygen atoms in total. The van der Waals surface area contributed by atoms with Crippen LogP contribution in [0.2, 0.25) is 0 Å². The van der Waals surface area contributed by atoms with Crippen LogP contribution in [0, 0.1) is 13.8 Å². The van der Waals surface area contributed by atoms with Crippen LogP contribution >= 0.6 is 0 Å². The van der Waals surface area contributed by atoms with Gasteiger partial charge in [-0.15, -0.1) is 0 Å². The Morgan fingerprint density at radius 1 is 1.25 bits per heavy atom. The van der Waals surface area contributed by atoms with Gasteiger partial charge in [-0.05, 0) is 20.3 Å². The average Bonchev–Trinajstić information content (AvgIpc) is 3.13. The smallest absolute Gasteiger partial charge is 0.242 e. The number of hydrogen-bond donors (Lipinski definition) is 2. The van der Waals surface area contributed by atoms with E-state index < -0.39 is 0 Å². The zero-order chi connectivity index (χ0) is 16.7. The Bertz CT molecular complexity index is 916. The Kier molecular flexibility index (Phi) is 3.45. The zero-order valence-corrected chi connectivity index (χ0v) is 13.7. The Morgan fingerprint density at radius 2 is 2.04 bits per heavy atom. The molecule has 0 spiro atoms. The molecule has 0 saturated carbocycles. The maximum Gasteiger partial charge on any atom is 0.242 e. The van der Waals surface area contributed by atoms with Crippen LogP contribution in [0.5, 0.6) is 0 Å². The molecular formula is C18H19N5O. The van der Waals surface area contributed by atoms with Crippen molar-refractivity contribution in [2.24, 2.45) is 0 Å². The van der Waals surface area contributed by atoms with Crippen molar-refractivity contribution in [2.45, 2.75) is 26.3 Å². The van der Waals surface area contributed by atoms with E-state index in [9.17, 15) is 4.79 Å². The number of hydrogen-bond acceptors (Lipinski definition) is 4. The summed E-state index contributed by atoms with van der Waals surface area (Å²) >= 11 is 0. The van der Waals surface area contributed by atoms with Crippen LogP contribution in [0.15, 0.2) is 36.4 Å². The number of aryl methyl sites for hydroxylation is 2. The molecular weight excluding hydrogens is 302 g/mol. The van der Waals surface area contributed by atoms with Crippen molar-refractivity contribution in [1.82, 2.24) is 19.9 Å². The minimum atomic E-state index is -0.232. The molecule has 6 heteroatoms. The Balaban J connectivity index is 1.87. The molecule has 1 saturated heterocycles. The van der Waals surface area contributed by atoms with Gasteiger partial charge < -0.3 is 10.6 Å². The lowest BCUT2D eigenvalue weighted by atomic mass is 10.1. The second-order valence-electron chi connectivity index (χ2n) is 6.12. The summed E-state index contributed by atoms with van der Waals surface area (Å²) in [6.07, 6.45) is 0.766. The summed E-state index contributed by atoms with van der Waals surface area (Å²) in [4.78, 5) is 16.7. The van der Waals surface area contributed by atoms with E-state index in [0.29, 0.717) is 6.54 Å². The number of fused-ring (bicyclic) bond motifs is 1. The lowest BCUT2D eigenvalue weighted by molar-refractivity contribution is -0.119. The summed E-state index contributed by atoms with van der Waals surface area (Å²) < 4.78 is 1.79. The first kappa shape index (κ1) is 14.7. The largest absolute Gasteiger partial charge is 0.358 e. The molecule has 0 radical (unpaired) electrons. The fourth-order valence-corrected chi connectivity index (χ4v) is 3.00. The quantitative estimate of drug-likeness (QED) is 0.776. The lowest BCUT2D eigenvalue weighted by Crippen LogP contribution is -2.30. The van der Waals surface area contributed by atoms with Crippen molar-refractivity contribution in [3.8, 4) is 11.3 Å². The third kappa shape index (κ3) is 2.40. The lowest BCUT2D eigenvalue weighted by Gasteiger charge is -2.14. The number of nitrogens with zero attached hydrogens (tertiary/aromatic N) is 3. The van der Waals surface area contributed by atoms with E-state index in [2.05, 4.69) is 15.7 Å². The summed E-state index contributed by atoms with van der Waals surface area (Å²) in [5, 5.41) is 10.8. The highest BCUT2D eigenvalue weighted by molar-refractivity contribution is 5.86. The van der Waals surface area contributed by atoms with Gasteiger partial charge >= 0.3 is 0 Å². The number of anilines is 1. The number of benzene rings is 1. The molecule has 1 fully saturated rings. The number of carbonyl (C=O) groups is 1. The van der Waals surface area contributed by atoms with E-state index in [4.69, 9.17) is 4.98 Å². The Morgan fingerprint density at radius 3 is 2.75 bits per heavy atom. The van der Waals surface area contributed by atoms with Gasteiger partial charge in [0.15, 0.2) is 5.65 Å². The van der Waals surface area contributed by atoms with Crippen molar-refractivity contribution < 1.29 is 4.79 Å². The molecule has 24 heavy (non-hydrogen) atoms. The minimum Gasteiger partial charge on any atom is -0.358 e. The highest BCUT2D eigenvalue weighted by Crippen LogP contribution is 2.25.